The highest BCUT2D eigenvalue weighted by Crippen LogP contribution is 2.20. The van der Waals surface area contributed by atoms with Crippen molar-refractivity contribution in [2.24, 2.45) is 0 Å². The van der Waals surface area contributed by atoms with Crippen molar-refractivity contribution in [3.05, 3.63) is 40.1 Å². The Balaban J connectivity index is 2.46. The number of nitriles is 1. The molecule has 0 atom stereocenters. The molecule has 0 aliphatic rings. The van der Waals surface area contributed by atoms with Gasteiger partial charge in [0.25, 0.3) is 0 Å². The molecule has 0 aliphatic heterocycles. The van der Waals surface area contributed by atoms with E-state index >= 15 is 0 Å². The molecule has 0 fully saturated rings. The SMILES string of the molecule is Cc1[nH]c(-c2ccc(Br)cc2)nc1C#N. The van der Waals surface area contributed by atoms with Crippen LogP contribution in [0, 0.1) is 18.3 Å². The van der Waals surface area contributed by atoms with Gasteiger partial charge in [-0.3, -0.25) is 0 Å². The number of aromatic amines is 1. The fourth-order valence-electron chi connectivity index (χ4n) is 1.31. The number of nitrogens with zero attached hydrogens (tertiary/aromatic N) is 2. The van der Waals surface area contributed by atoms with Crippen LogP contribution in [-0.4, -0.2) is 9.97 Å². The van der Waals surface area contributed by atoms with Gasteiger partial charge in [-0.25, -0.2) is 4.98 Å². The van der Waals surface area contributed by atoms with Gasteiger partial charge in [0.2, 0.25) is 0 Å². The van der Waals surface area contributed by atoms with E-state index in [0.29, 0.717) is 5.69 Å². The Morgan fingerprint density at radius 1 is 1.33 bits per heavy atom. The van der Waals surface area contributed by atoms with Crippen molar-refractivity contribution in [3.8, 4) is 17.5 Å². The minimum atomic E-state index is 0.452. The Hall–Kier alpha value is -1.60. The van der Waals surface area contributed by atoms with Gasteiger partial charge in [0.15, 0.2) is 5.69 Å². The van der Waals surface area contributed by atoms with Gasteiger partial charge in [0, 0.05) is 10.0 Å². The zero-order valence-electron chi connectivity index (χ0n) is 8.08. The molecular weight excluding hydrogens is 254 g/mol. The van der Waals surface area contributed by atoms with Crippen molar-refractivity contribution >= 4 is 15.9 Å². The lowest BCUT2D eigenvalue weighted by Crippen LogP contribution is -1.79. The molecule has 74 valence electrons. The average molecular weight is 262 g/mol. The topological polar surface area (TPSA) is 52.5 Å². The Morgan fingerprint density at radius 2 is 2.00 bits per heavy atom. The van der Waals surface area contributed by atoms with E-state index in [4.69, 9.17) is 5.26 Å². The van der Waals surface area contributed by atoms with Crippen LogP contribution in [0.1, 0.15) is 11.4 Å². The zero-order valence-corrected chi connectivity index (χ0v) is 9.67. The molecular formula is C11H8BrN3. The standard InChI is InChI=1S/C11H8BrN3/c1-7-10(6-13)15-11(14-7)8-2-4-9(12)5-3-8/h2-5H,1H3,(H,14,15). The second-order valence-corrected chi connectivity index (χ2v) is 4.09. The Labute approximate surface area is 95.9 Å². The molecule has 0 aliphatic carbocycles. The molecule has 3 nitrogen and oxygen atoms in total. The molecule has 2 aromatic rings. The van der Waals surface area contributed by atoms with Gasteiger partial charge in [0.05, 0.1) is 5.69 Å². The first-order chi connectivity index (χ1) is 7.20. The van der Waals surface area contributed by atoms with Crippen LogP contribution in [0.15, 0.2) is 28.7 Å². The number of aromatic nitrogens is 2. The molecule has 0 amide bonds. The van der Waals surface area contributed by atoms with Crippen molar-refractivity contribution < 1.29 is 0 Å². The van der Waals surface area contributed by atoms with Crippen LogP contribution in [0.3, 0.4) is 0 Å². The summed E-state index contributed by atoms with van der Waals surface area (Å²) in [5.41, 5.74) is 2.23. The number of H-pyrrole nitrogens is 1. The summed E-state index contributed by atoms with van der Waals surface area (Å²) in [5.74, 6) is 0.733. The third-order valence-electron chi connectivity index (χ3n) is 2.11. The molecule has 0 bridgehead atoms. The smallest absolute Gasteiger partial charge is 0.161 e. The van der Waals surface area contributed by atoms with Crippen molar-refractivity contribution in [2.45, 2.75) is 6.92 Å². The first kappa shape index (κ1) is 9.94. The van der Waals surface area contributed by atoms with Crippen LogP contribution in [0.5, 0.6) is 0 Å². The van der Waals surface area contributed by atoms with Crippen LogP contribution < -0.4 is 0 Å². The number of halogens is 1. The third-order valence-corrected chi connectivity index (χ3v) is 2.64. The van der Waals surface area contributed by atoms with Gasteiger partial charge in [-0.15, -0.1) is 0 Å². The highest BCUT2D eigenvalue weighted by Gasteiger charge is 2.06. The molecule has 4 heteroatoms. The normalized spacial score (nSPS) is 9.93. The molecule has 0 unspecified atom stereocenters. The fraction of sp³-hybridized carbons (Fsp3) is 0.0909. The van der Waals surface area contributed by atoms with E-state index in [9.17, 15) is 0 Å². The fourth-order valence-corrected chi connectivity index (χ4v) is 1.58. The highest BCUT2D eigenvalue weighted by molar-refractivity contribution is 9.10. The first-order valence-corrected chi connectivity index (χ1v) is 5.22. The van der Waals surface area contributed by atoms with Crippen LogP contribution in [0.2, 0.25) is 0 Å². The van der Waals surface area contributed by atoms with Gasteiger partial charge in [-0.2, -0.15) is 5.26 Å². The predicted octanol–water partition coefficient (Wildman–Crippen LogP) is 3.02. The van der Waals surface area contributed by atoms with E-state index in [0.717, 1.165) is 21.6 Å². The van der Waals surface area contributed by atoms with Crippen LogP contribution >= 0.6 is 15.9 Å². The summed E-state index contributed by atoms with van der Waals surface area (Å²) in [6.45, 7) is 1.84. The summed E-state index contributed by atoms with van der Waals surface area (Å²) in [5, 5.41) is 8.78. The molecule has 1 heterocycles. The summed E-state index contributed by atoms with van der Waals surface area (Å²) in [4.78, 5) is 7.28. The van der Waals surface area contributed by atoms with Gasteiger partial charge in [-0.1, -0.05) is 28.1 Å². The molecule has 1 aromatic heterocycles. The molecule has 0 spiro atoms. The van der Waals surface area contributed by atoms with Crippen LogP contribution in [-0.2, 0) is 0 Å². The average Bonchev–Trinajstić information content (AvgIpc) is 2.61. The second-order valence-electron chi connectivity index (χ2n) is 3.18. The first-order valence-electron chi connectivity index (χ1n) is 4.43. The maximum Gasteiger partial charge on any atom is 0.161 e. The van der Waals surface area contributed by atoms with Gasteiger partial charge >= 0.3 is 0 Å². The Bertz CT molecular complexity index is 520. The monoisotopic (exact) mass is 261 g/mol. The Morgan fingerprint density at radius 3 is 2.53 bits per heavy atom. The number of imidazole rings is 1. The highest BCUT2D eigenvalue weighted by atomic mass is 79.9. The van der Waals surface area contributed by atoms with Gasteiger partial charge < -0.3 is 4.98 Å². The molecule has 1 aromatic carbocycles. The van der Waals surface area contributed by atoms with Crippen LogP contribution in [0.25, 0.3) is 11.4 Å². The predicted molar refractivity (Wildman–Crippen MR) is 61.2 cm³/mol. The van der Waals surface area contributed by atoms with E-state index in [1.165, 1.54) is 0 Å². The third kappa shape index (κ3) is 1.92. The van der Waals surface area contributed by atoms with E-state index in [-0.39, 0.29) is 0 Å². The van der Waals surface area contributed by atoms with E-state index in [1.807, 2.05) is 37.3 Å². The largest absolute Gasteiger partial charge is 0.341 e. The summed E-state index contributed by atoms with van der Waals surface area (Å²) in [6.07, 6.45) is 0. The minimum absolute atomic E-state index is 0.452. The van der Waals surface area contributed by atoms with Crippen molar-refractivity contribution in [1.82, 2.24) is 9.97 Å². The molecule has 0 saturated heterocycles. The zero-order chi connectivity index (χ0) is 10.8. The molecule has 0 radical (unpaired) electrons. The number of hydrogen-bond acceptors (Lipinski definition) is 2. The van der Waals surface area contributed by atoms with Gasteiger partial charge in [-0.05, 0) is 19.1 Å². The van der Waals surface area contributed by atoms with Gasteiger partial charge in [0.1, 0.15) is 11.9 Å². The molecule has 1 N–H and O–H groups in total. The van der Waals surface area contributed by atoms with Crippen molar-refractivity contribution in [1.29, 1.82) is 5.26 Å². The number of aryl methyl sites for hydroxylation is 1. The summed E-state index contributed by atoms with van der Waals surface area (Å²) < 4.78 is 1.02. The second kappa shape index (κ2) is 3.87. The number of hydrogen-bond donors (Lipinski definition) is 1. The van der Waals surface area contributed by atoms with E-state index in [2.05, 4.69) is 25.9 Å². The maximum atomic E-state index is 8.78. The quantitative estimate of drug-likeness (QED) is 0.858. The summed E-state index contributed by atoms with van der Waals surface area (Å²) in [6, 6.07) is 9.83. The van der Waals surface area contributed by atoms with Crippen LogP contribution in [0.4, 0.5) is 0 Å². The van der Waals surface area contributed by atoms with Crippen molar-refractivity contribution in [3.63, 3.8) is 0 Å². The maximum absolute atomic E-state index is 8.78. The minimum Gasteiger partial charge on any atom is -0.341 e. The number of nitrogens with one attached hydrogen (secondary N) is 1. The lowest BCUT2D eigenvalue weighted by atomic mass is 10.2. The van der Waals surface area contributed by atoms with E-state index in [1.54, 1.807) is 0 Å². The molecule has 15 heavy (non-hydrogen) atoms. The number of rotatable bonds is 1. The van der Waals surface area contributed by atoms with Crippen molar-refractivity contribution in [2.75, 3.05) is 0 Å². The summed E-state index contributed by atoms with van der Waals surface area (Å²) in [7, 11) is 0. The lowest BCUT2D eigenvalue weighted by molar-refractivity contribution is 1.25. The lowest BCUT2D eigenvalue weighted by Gasteiger charge is -1.95. The number of benzene rings is 1. The van der Waals surface area contributed by atoms with E-state index < -0.39 is 0 Å². The Kier molecular flexibility index (Phi) is 2.57. The molecule has 2 rings (SSSR count). The molecule has 0 saturated carbocycles. The summed E-state index contributed by atoms with van der Waals surface area (Å²) >= 11 is 3.37.